The highest BCUT2D eigenvalue weighted by atomic mass is 79.9. The van der Waals surface area contributed by atoms with Crippen LogP contribution in [-0.2, 0) is 9.59 Å². The zero-order chi connectivity index (χ0) is 13.7. The third-order valence-electron chi connectivity index (χ3n) is 2.03. The van der Waals surface area contributed by atoms with E-state index in [9.17, 15) is 14.0 Å². The zero-order valence-corrected chi connectivity index (χ0v) is 11.1. The highest BCUT2D eigenvalue weighted by molar-refractivity contribution is 9.10. The van der Waals surface area contributed by atoms with Crippen LogP contribution >= 0.6 is 15.9 Å². The highest BCUT2D eigenvalue weighted by Crippen LogP contribution is 2.19. The molecule has 0 fully saturated rings. The molecule has 0 aliphatic rings. The molecule has 0 aliphatic heterocycles. The number of carbonyl (C=O) groups is 2. The maximum atomic E-state index is 13.3. The molecule has 0 radical (unpaired) electrons. The molecule has 18 heavy (non-hydrogen) atoms. The summed E-state index contributed by atoms with van der Waals surface area (Å²) in [5.74, 6) is -2.57. The van der Waals surface area contributed by atoms with E-state index in [1.165, 1.54) is 19.1 Å². The van der Waals surface area contributed by atoms with Crippen molar-refractivity contribution in [1.82, 2.24) is 5.32 Å². The Balaban J connectivity index is 2.69. The predicted molar refractivity (Wildman–Crippen MR) is 67.4 cm³/mol. The van der Waals surface area contributed by atoms with Gasteiger partial charge in [0, 0.05) is 10.5 Å². The van der Waals surface area contributed by atoms with Gasteiger partial charge in [0.25, 0.3) is 0 Å². The maximum absolute atomic E-state index is 13.3. The van der Waals surface area contributed by atoms with Crippen molar-refractivity contribution in [3.05, 3.63) is 28.5 Å². The minimum absolute atomic E-state index is 0.0961. The van der Waals surface area contributed by atoms with Gasteiger partial charge in [-0.1, -0.05) is 15.9 Å². The van der Waals surface area contributed by atoms with E-state index in [-0.39, 0.29) is 12.3 Å². The molecular weight excluding hydrogens is 307 g/mol. The van der Waals surface area contributed by atoms with Crippen molar-refractivity contribution in [1.29, 1.82) is 0 Å². The number of amides is 2. The Kier molecular flexibility index (Phi) is 5.24. The van der Waals surface area contributed by atoms with Crippen LogP contribution in [0.3, 0.4) is 0 Å². The largest absolute Gasteiger partial charge is 0.394 e. The van der Waals surface area contributed by atoms with Crippen molar-refractivity contribution in [2.24, 2.45) is 0 Å². The number of nitrogens with one attached hydrogen (secondary N) is 2. The van der Waals surface area contributed by atoms with Gasteiger partial charge in [0.1, 0.15) is 5.82 Å². The molecule has 1 rings (SSSR count). The summed E-state index contributed by atoms with van der Waals surface area (Å²) in [5.41, 5.74) is -0.0961. The van der Waals surface area contributed by atoms with Gasteiger partial charge in [0.15, 0.2) is 0 Å². The molecule has 0 saturated heterocycles. The van der Waals surface area contributed by atoms with Crippen molar-refractivity contribution in [2.45, 2.75) is 13.0 Å². The SMILES string of the molecule is CC(CO)NC(=O)C(=O)Nc1cc(Br)ccc1F. The fourth-order valence-electron chi connectivity index (χ4n) is 1.11. The molecule has 0 spiro atoms. The van der Waals surface area contributed by atoms with E-state index in [4.69, 9.17) is 5.11 Å². The number of aliphatic hydroxyl groups excluding tert-OH is 1. The maximum Gasteiger partial charge on any atom is 0.313 e. The molecular formula is C11H12BrFN2O3. The van der Waals surface area contributed by atoms with E-state index in [1.807, 2.05) is 0 Å². The smallest absolute Gasteiger partial charge is 0.313 e. The summed E-state index contributed by atoms with van der Waals surface area (Å²) >= 11 is 3.12. The van der Waals surface area contributed by atoms with E-state index < -0.39 is 23.7 Å². The van der Waals surface area contributed by atoms with Crippen molar-refractivity contribution < 1.29 is 19.1 Å². The number of hydrogen-bond donors (Lipinski definition) is 3. The molecule has 7 heteroatoms. The summed E-state index contributed by atoms with van der Waals surface area (Å²) in [4.78, 5) is 22.8. The fraction of sp³-hybridized carbons (Fsp3) is 0.273. The van der Waals surface area contributed by atoms with Gasteiger partial charge in [-0.3, -0.25) is 9.59 Å². The van der Waals surface area contributed by atoms with Crippen LogP contribution in [0.4, 0.5) is 10.1 Å². The molecule has 0 saturated carbocycles. The number of hydrogen-bond acceptors (Lipinski definition) is 3. The summed E-state index contributed by atoms with van der Waals surface area (Å²) in [6.45, 7) is 1.25. The van der Waals surface area contributed by atoms with Crippen LogP contribution in [0.25, 0.3) is 0 Å². The monoisotopic (exact) mass is 318 g/mol. The van der Waals surface area contributed by atoms with E-state index >= 15 is 0 Å². The zero-order valence-electron chi connectivity index (χ0n) is 9.54. The van der Waals surface area contributed by atoms with Crippen LogP contribution in [0.1, 0.15) is 6.92 Å². The number of carbonyl (C=O) groups excluding carboxylic acids is 2. The Labute approximate surface area is 112 Å². The van der Waals surface area contributed by atoms with Crippen LogP contribution in [0.5, 0.6) is 0 Å². The number of aliphatic hydroxyl groups is 1. The summed E-state index contributed by atoms with van der Waals surface area (Å²) < 4.78 is 13.9. The number of rotatable bonds is 3. The third-order valence-corrected chi connectivity index (χ3v) is 2.53. The standard InChI is InChI=1S/C11H12BrFN2O3/c1-6(5-16)14-10(17)11(18)15-9-4-7(12)2-3-8(9)13/h2-4,6,16H,5H2,1H3,(H,14,17)(H,15,18). The van der Waals surface area contributed by atoms with Gasteiger partial charge in [0.05, 0.1) is 12.3 Å². The number of benzene rings is 1. The van der Waals surface area contributed by atoms with Crippen LogP contribution in [0.15, 0.2) is 22.7 Å². The minimum Gasteiger partial charge on any atom is -0.394 e. The fourth-order valence-corrected chi connectivity index (χ4v) is 1.47. The lowest BCUT2D eigenvalue weighted by Gasteiger charge is -2.11. The molecule has 1 aromatic carbocycles. The van der Waals surface area contributed by atoms with Gasteiger partial charge < -0.3 is 15.7 Å². The minimum atomic E-state index is -0.993. The third kappa shape index (κ3) is 4.08. The average Bonchev–Trinajstić information content (AvgIpc) is 2.33. The molecule has 1 aromatic rings. The second-order valence-electron chi connectivity index (χ2n) is 3.64. The van der Waals surface area contributed by atoms with Crippen LogP contribution in [0.2, 0.25) is 0 Å². The Bertz CT molecular complexity index is 468. The van der Waals surface area contributed by atoms with Gasteiger partial charge >= 0.3 is 11.8 Å². The average molecular weight is 319 g/mol. The van der Waals surface area contributed by atoms with Gasteiger partial charge in [0.2, 0.25) is 0 Å². The summed E-state index contributed by atoms with van der Waals surface area (Å²) in [6, 6.07) is 3.43. The molecule has 3 N–H and O–H groups in total. The van der Waals surface area contributed by atoms with E-state index in [0.29, 0.717) is 4.47 Å². The lowest BCUT2D eigenvalue weighted by Crippen LogP contribution is -2.42. The lowest BCUT2D eigenvalue weighted by atomic mass is 10.3. The molecule has 0 bridgehead atoms. The van der Waals surface area contributed by atoms with Gasteiger partial charge in [-0.2, -0.15) is 0 Å². The molecule has 5 nitrogen and oxygen atoms in total. The Morgan fingerprint density at radius 1 is 1.44 bits per heavy atom. The van der Waals surface area contributed by atoms with Crippen molar-refractivity contribution in [2.75, 3.05) is 11.9 Å². The van der Waals surface area contributed by atoms with Gasteiger partial charge in [-0.25, -0.2) is 4.39 Å². The lowest BCUT2D eigenvalue weighted by molar-refractivity contribution is -0.136. The Morgan fingerprint density at radius 3 is 2.72 bits per heavy atom. The quantitative estimate of drug-likeness (QED) is 0.728. The molecule has 0 aromatic heterocycles. The topological polar surface area (TPSA) is 78.4 Å². The molecule has 2 amide bonds. The van der Waals surface area contributed by atoms with E-state index in [2.05, 4.69) is 26.6 Å². The van der Waals surface area contributed by atoms with Crippen molar-refractivity contribution >= 4 is 33.4 Å². The number of anilines is 1. The second-order valence-corrected chi connectivity index (χ2v) is 4.55. The highest BCUT2D eigenvalue weighted by Gasteiger charge is 2.17. The first kappa shape index (κ1) is 14.6. The number of halogens is 2. The van der Waals surface area contributed by atoms with Gasteiger partial charge in [-0.05, 0) is 25.1 Å². The first-order chi connectivity index (χ1) is 8.43. The molecule has 1 atom stereocenters. The molecule has 1 unspecified atom stereocenters. The Hall–Kier alpha value is -1.47. The van der Waals surface area contributed by atoms with E-state index in [1.54, 1.807) is 0 Å². The van der Waals surface area contributed by atoms with E-state index in [0.717, 1.165) is 6.07 Å². The first-order valence-corrected chi connectivity index (χ1v) is 5.91. The summed E-state index contributed by atoms with van der Waals surface area (Å²) in [7, 11) is 0. The molecule has 0 heterocycles. The first-order valence-electron chi connectivity index (χ1n) is 5.11. The van der Waals surface area contributed by atoms with Crippen molar-refractivity contribution in [3.63, 3.8) is 0 Å². The predicted octanol–water partition coefficient (Wildman–Crippen LogP) is 1.02. The van der Waals surface area contributed by atoms with Crippen molar-refractivity contribution in [3.8, 4) is 0 Å². The summed E-state index contributed by atoms with van der Waals surface area (Å²) in [6.07, 6.45) is 0. The Morgan fingerprint density at radius 2 is 2.11 bits per heavy atom. The van der Waals surface area contributed by atoms with Crippen LogP contribution in [-0.4, -0.2) is 29.6 Å². The normalized spacial score (nSPS) is 11.8. The van der Waals surface area contributed by atoms with Gasteiger partial charge in [-0.15, -0.1) is 0 Å². The van der Waals surface area contributed by atoms with Crippen LogP contribution < -0.4 is 10.6 Å². The summed E-state index contributed by atoms with van der Waals surface area (Å²) in [5, 5.41) is 13.1. The van der Waals surface area contributed by atoms with Crippen LogP contribution in [0, 0.1) is 5.82 Å². The molecule has 98 valence electrons. The second kappa shape index (κ2) is 6.46. The molecule has 0 aliphatic carbocycles.